The first kappa shape index (κ1) is 15.9. The van der Waals surface area contributed by atoms with Gasteiger partial charge < -0.3 is 15.1 Å². The molecule has 1 saturated heterocycles. The van der Waals surface area contributed by atoms with Crippen molar-refractivity contribution in [3.63, 3.8) is 0 Å². The molecule has 1 aromatic rings. The van der Waals surface area contributed by atoms with Crippen LogP contribution in [0.15, 0.2) is 30.3 Å². The number of carbonyl (C=O) groups excluding carboxylic acids is 2. The molecule has 0 spiro atoms. The van der Waals surface area contributed by atoms with E-state index in [1.807, 2.05) is 37.2 Å². The van der Waals surface area contributed by atoms with E-state index in [0.717, 1.165) is 6.54 Å². The van der Waals surface area contributed by atoms with Crippen molar-refractivity contribution in [1.29, 1.82) is 0 Å². The van der Waals surface area contributed by atoms with Crippen molar-refractivity contribution in [1.82, 2.24) is 15.1 Å². The number of benzene rings is 1. The van der Waals surface area contributed by atoms with Gasteiger partial charge in [0.25, 0.3) is 5.91 Å². The second kappa shape index (κ2) is 7.47. The Kier molecular flexibility index (Phi) is 5.64. The van der Waals surface area contributed by atoms with Gasteiger partial charge in [-0.3, -0.25) is 9.59 Å². The van der Waals surface area contributed by atoms with Crippen LogP contribution in [0.2, 0.25) is 0 Å². The lowest BCUT2D eigenvalue weighted by atomic mass is 10.1. The summed E-state index contributed by atoms with van der Waals surface area (Å²) in [5, 5.41) is 2.90. The van der Waals surface area contributed by atoms with Gasteiger partial charge in [0.15, 0.2) is 0 Å². The van der Waals surface area contributed by atoms with Gasteiger partial charge in [0, 0.05) is 24.4 Å². The van der Waals surface area contributed by atoms with Crippen LogP contribution in [0.25, 0.3) is 0 Å². The summed E-state index contributed by atoms with van der Waals surface area (Å²) in [5.74, 6) is 1.09. The monoisotopic (exact) mass is 307 g/mol. The number of rotatable bonds is 5. The highest BCUT2D eigenvalue weighted by molar-refractivity contribution is 7.99. The minimum atomic E-state index is -0.370. The Labute approximate surface area is 129 Å². The number of carbonyl (C=O) groups is 2. The number of hydrogen-bond acceptors (Lipinski definition) is 4. The van der Waals surface area contributed by atoms with Gasteiger partial charge in [0.05, 0.1) is 5.88 Å². The first-order valence-corrected chi connectivity index (χ1v) is 8.11. The summed E-state index contributed by atoms with van der Waals surface area (Å²) < 4.78 is 0. The van der Waals surface area contributed by atoms with Gasteiger partial charge in [-0.1, -0.05) is 18.2 Å². The van der Waals surface area contributed by atoms with Crippen LogP contribution >= 0.6 is 11.8 Å². The third-order valence-electron chi connectivity index (χ3n) is 3.32. The van der Waals surface area contributed by atoms with Crippen LogP contribution in [-0.4, -0.2) is 66.5 Å². The van der Waals surface area contributed by atoms with Gasteiger partial charge in [0.2, 0.25) is 5.91 Å². The van der Waals surface area contributed by atoms with E-state index in [0.29, 0.717) is 23.7 Å². The highest BCUT2D eigenvalue weighted by Gasteiger charge is 2.34. The molecule has 0 saturated carbocycles. The molecule has 114 valence electrons. The van der Waals surface area contributed by atoms with Crippen LogP contribution in [-0.2, 0) is 4.79 Å². The van der Waals surface area contributed by atoms with E-state index in [4.69, 9.17) is 0 Å². The first-order chi connectivity index (χ1) is 10.1. The minimum absolute atomic E-state index is 0.0638. The summed E-state index contributed by atoms with van der Waals surface area (Å²) in [7, 11) is 3.92. The number of hydrogen-bond donors (Lipinski definition) is 1. The van der Waals surface area contributed by atoms with Crippen molar-refractivity contribution in [3.05, 3.63) is 35.9 Å². The molecule has 2 amide bonds. The van der Waals surface area contributed by atoms with Crippen LogP contribution < -0.4 is 5.32 Å². The van der Waals surface area contributed by atoms with E-state index in [2.05, 4.69) is 5.32 Å². The third kappa shape index (κ3) is 4.22. The van der Waals surface area contributed by atoms with Crippen molar-refractivity contribution in [2.24, 2.45) is 0 Å². The predicted octanol–water partition coefficient (Wildman–Crippen LogP) is 0.880. The Morgan fingerprint density at radius 1 is 1.33 bits per heavy atom. The molecule has 1 N–H and O–H groups in total. The molecule has 2 rings (SSSR count). The number of thioether (sulfide) groups is 1. The molecule has 1 heterocycles. The largest absolute Gasteiger partial charge is 0.353 e. The van der Waals surface area contributed by atoms with E-state index in [-0.39, 0.29) is 17.9 Å². The summed E-state index contributed by atoms with van der Waals surface area (Å²) >= 11 is 1.62. The standard InChI is InChI=1S/C15H21N3O2S/c1-17(2)9-8-16-14(19)13-10-21-11-18(13)15(20)12-6-4-3-5-7-12/h3-7,13H,8-11H2,1-2H3,(H,16,19)/t13-/m1/s1. The summed E-state index contributed by atoms with van der Waals surface area (Å²) in [4.78, 5) is 28.4. The van der Waals surface area contributed by atoms with E-state index in [9.17, 15) is 9.59 Å². The zero-order valence-corrected chi connectivity index (χ0v) is 13.2. The quantitative estimate of drug-likeness (QED) is 0.877. The maximum absolute atomic E-state index is 12.5. The maximum atomic E-state index is 12.5. The van der Waals surface area contributed by atoms with E-state index in [1.165, 1.54) is 0 Å². The second-order valence-corrected chi connectivity index (χ2v) is 6.25. The lowest BCUT2D eigenvalue weighted by Gasteiger charge is -2.23. The average molecular weight is 307 g/mol. The molecule has 0 aromatic heterocycles. The summed E-state index contributed by atoms with van der Waals surface area (Å²) in [6.45, 7) is 1.39. The van der Waals surface area contributed by atoms with Crippen LogP contribution in [0, 0.1) is 0 Å². The molecule has 5 nitrogen and oxygen atoms in total. The van der Waals surface area contributed by atoms with E-state index < -0.39 is 0 Å². The van der Waals surface area contributed by atoms with Crippen molar-refractivity contribution in [2.45, 2.75) is 6.04 Å². The summed E-state index contributed by atoms with van der Waals surface area (Å²) in [5.41, 5.74) is 0.631. The van der Waals surface area contributed by atoms with Crippen molar-refractivity contribution in [2.75, 3.05) is 38.8 Å². The molecule has 21 heavy (non-hydrogen) atoms. The summed E-state index contributed by atoms with van der Waals surface area (Å²) in [6.07, 6.45) is 0. The molecule has 0 bridgehead atoms. The van der Waals surface area contributed by atoms with Crippen LogP contribution in [0.5, 0.6) is 0 Å². The molecule has 1 aromatic carbocycles. The van der Waals surface area contributed by atoms with Gasteiger partial charge in [-0.15, -0.1) is 11.8 Å². The fraction of sp³-hybridized carbons (Fsp3) is 0.467. The zero-order chi connectivity index (χ0) is 15.2. The van der Waals surface area contributed by atoms with Crippen molar-refractivity contribution in [3.8, 4) is 0 Å². The average Bonchev–Trinajstić information content (AvgIpc) is 2.96. The molecule has 0 radical (unpaired) electrons. The molecule has 1 atom stereocenters. The molecule has 0 aliphatic carbocycles. The van der Waals surface area contributed by atoms with Gasteiger partial charge in [-0.25, -0.2) is 0 Å². The van der Waals surface area contributed by atoms with Gasteiger partial charge in [-0.05, 0) is 26.2 Å². The van der Waals surface area contributed by atoms with Crippen LogP contribution in [0.3, 0.4) is 0 Å². The third-order valence-corrected chi connectivity index (χ3v) is 4.34. The fourth-order valence-corrected chi connectivity index (χ4v) is 3.28. The molecular weight excluding hydrogens is 286 g/mol. The van der Waals surface area contributed by atoms with Gasteiger partial charge in [0.1, 0.15) is 6.04 Å². The SMILES string of the molecule is CN(C)CCNC(=O)[C@H]1CSCN1C(=O)c1ccccc1. The number of nitrogens with one attached hydrogen (secondary N) is 1. The van der Waals surface area contributed by atoms with Gasteiger partial charge >= 0.3 is 0 Å². The van der Waals surface area contributed by atoms with Crippen molar-refractivity contribution >= 4 is 23.6 Å². The molecule has 1 aliphatic heterocycles. The second-order valence-electron chi connectivity index (χ2n) is 5.25. The summed E-state index contributed by atoms with van der Waals surface area (Å²) in [6, 6.07) is 8.75. The van der Waals surface area contributed by atoms with Crippen LogP contribution in [0.4, 0.5) is 0 Å². The number of likely N-dealkylation sites (N-methyl/N-ethyl adjacent to an activating group) is 1. The van der Waals surface area contributed by atoms with E-state index >= 15 is 0 Å². The molecule has 1 aliphatic rings. The lowest BCUT2D eigenvalue weighted by Crippen LogP contribution is -2.48. The highest BCUT2D eigenvalue weighted by atomic mass is 32.2. The highest BCUT2D eigenvalue weighted by Crippen LogP contribution is 2.23. The normalized spacial score (nSPS) is 18.0. The number of amides is 2. The Hall–Kier alpha value is -1.53. The van der Waals surface area contributed by atoms with Gasteiger partial charge in [-0.2, -0.15) is 0 Å². The van der Waals surface area contributed by atoms with E-state index in [1.54, 1.807) is 28.8 Å². The molecular formula is C15H21N3O2S. The predicted molar refractivity (Wildman–Crippen MR) is 85.3 cm³/mol. The topological polar surface area (TPSA) is 52.7 Å². The molecule has 1 fully saturated rings. The fourth-order valence-electron chi connectivity index (χ4n) is 2.13. The van der Waals surface area contributed by atoms with Crippen molar-refractivity contribution < 1.29 is 9.59 Å². The van der Waals surface area contributed by atoms with Crippen LogP contribution in [0.1, 0.15) is 10.4 Å². The Balaban J connectivity index is 1.96. The number of nitrogens with zero attached hydrogens (tertiary/aromatic N) is 2. The minimum Gasteiger partial charge on any atom is -0.353 e. The first-order valence-electron chi connectivity index (χ1n) is 6.96. The Morgan fingerprint density at radius 3 is 2.71 bits per heavy atom. The molecule has 6 heteroatoms. The lowest BCUT2D eigenvalue weighted by molar-refractivity contribution is -0.124. The Morgan fingerprint density at radius 2 is 2.05 bits per heavy atom. The Bertz CT molecular complexity index is 493. The molecule has 0 unspecified atom stereocenters. The maximum Gasteiger partial charge on any atom is 0.255 e. The zero-order valence-electron chi connectivity index (χ0n) is 12.4. The smallest absolute Gasteiger partial charge is 0.255 e.